The summed E-state index contributed by atoms with van der Waals surface area (Å²) in [4.78, 5) is 13.8. The highest BCUT2D eigenvalue weighted by Crippen LogP contribution is 2.28. The zero-order valence-electron chi connectivity index (χ0n) is 12.1. The van der Waals surface area contributed by atoms with Crippen LogP contribution in [-0.2, 0) is 0 Å². The number of aliphatic hydroxyl groups is 1. The van der Waals surface area contributed by atoms with Gasteiger partial charge in [-0.05, 0) is 31.0 Å². The van der Waals surface area contributed by atoms with Crippen molar-refractivity contribution in [1.82, 2.24) is 4.90 Å². The maximum Gasteiger partial charge on any atom is 0.321 e. The summed E-state index contributed by atoms with van der Waals surface area (Å²) in [5.74, 6) is 0.808. The molecule has 21 heavy (non-hydrogen) atoms. The van der Waals surface area contributed by atoms with Gasteiger partial charge in [0.25, 0.3) is 0 Å². The van der Waals surface area contributed by atoms with Crippen molar-refractivity contribution in [2.24, 2.45) is 5.92 Å². The van der Waals surface area contributed by atoms with Crippen molar-refractivity contribution >= 4 is 23.3 Å². The molecule has 6 heteroatoms. The first-order valence-electron chi connectivity index (χ1n) is 7.23. The van der Waals surface area contributed by atoms with Crippen LogP contribution in [0.4, 0.5) is 10.5 Å². The van der Waals surface area contributed by atoms with Gasteiger partial charge in [-0.1, -0.05) is 18.5 Å². The highest BCUT2D eigenvalue weighted by molar-refractivity contribution is 6.32. The molecule has 1 aliphatic rings. The van der Waals surface area contributed by atoms with Crippen molar-refractivity contribution in [3.05, 3.63) is 23.2 Å². The smallest absolute Gasteiger partial charge is 0.321 e. The first-order chi connectivity index (χ1) is 10.1. The van der Waals surface area contributed by atoms with Crippen LogP contribution in [0.1, 0.15) is 19.8 Å². The number of carbonyl (C=O) groups excluding carboxylic acids is 1. The number of amides is 2. The van der Waals surface area contributed by atoms with Crippen molar-refractivity contribution in [3.8, 4) is 5.75 Å². The molecule has 1 atom stereocenters. The van der Waals surface area contributed by atoms with Gasteiger partial charge in [0.2, 0.25) is 0 Å². The number of halogens is 1. The van der Waals surface area contributed by atoms with Crippen molar-refractivity contribution in [3.63, 3.8) is 0 Å². The number of likely N-dealkylation sites (tertiary alicyclic amines) is 1. The van der Waals surface area contributed by atoms with Gasteiger partial charge >= 0.3 is 6.03 Å². The lowest BCUT2D eigenvalue weighted by Gasteiger charge is -2.17. The predicted molar refractivity (Wildman–Crippen MR) is 83.0 cm³/mol. The van der Waals surface area contributed by atoms with E-state index in [1.807, 2.05) is 6.92 Å². The minimum absolute atomic E-state index is 0.124. The summed E-state index contributed by atoms with van der Waals surface area (Å²) in [6.07, 6.45) is 1.75. The maximum atomic E-state index is 12.1. The van der Waals surface area contributed by atoms with Crippen LogP contribution in [-0.4, -0.2) is 42.3 Å². The van der Waals surface area contributed by atoms with Crippen LogP contribution in [0, 0.1) is 5.92 Å². The normalized spacial score (nSPS) is 17.9. The molecule has 2 amide bonds. The fourth-order valence-electron chi connectivity index (χ4n) is 2.28. The van der Waals surface area contributed by atoms with Crippen LogP contribution in [0.25, 0.3) is 0 Å². The number of urea groups is 1. The fourth-order valence-corrected chi connectivity index (χ4v) is 2.51. The third kappa shape index (κ3) is 4.25. The average molecular weight is 313 g/mol. The molecule has 0 aliphatic carbocycles. The summed E-state index contributed by atoms with van der Waals surface area (Å²) in [7, 11) is 0. The number of rotatable bonds is 5. The lowest BCUT2D eigenvalue weighted by Crippen LogP contribution is -2.33. The number of anilines is 1. The van der Waals surface area contributed by atoms with Gasteiger partial charge < -0.3 is 20.1 Å². The third-order valence-electron chi connectivity index (χ3n) is 3.48. The highest BCUT2D eigenvalue weighted by atomic mass is 35.5. The van der Waals surface area contributed by atoms with Gasteiger partial charge in [0.1, 0.15) is 5.75 Å². The van der Waals surface area contributed by atoms with E-state index in [1.54, 1.807) is 23.1 Å². The van der Waals surface area contributed by atoms with Crippen molar-refractivity contribution in [1.29, 1.82) is 0 Å². The molecular formula is C15H21ClN2O3. The summed E-state index contributed by atoms with van der Waals surface area (Å²) in [5, 5.41) is 12.4. The lowest BCUT2D eigenvalue weighted by molar-refractivity contribution is 0.209. The van der Waals surface area contributed by atoms with E-state index in [2.05, 4.69) is 5.32 Å². The van der Waals surface area contributed by atoms with Gasteiger partial charge in [0, 0.05) is 31.3 Å². The summed E-state index contributed by atoms with van der Waals surface area (Å²) in [6.45, 7) is 4.02. The molecule has 1 fully saturated rings. The largest absolute Gasteiger partial charge is 0.492 e. The van der Waals surface area contributed by atoms with Crippen LogP contribution >= 0.6 is 11.6 Å². The Morgan fingerprint density at radius 3 is 3.00 bits per heavy atom. The second kappa shape index (κ2) is 7.52. The average Bonchev–Trinajstić information content (AvgIpc) is 2.95. The zero-order valence-corrected chi connectivity index (χ0v) is 12.9. The Kier molecular flexibility index (Phi) is 5.70. The van der Waals surface area contributed by atoms with E-state index < -0.39 is 0 Å². The Balaban J connectivity index is 1.93. The SMILES string of the molecule is CCCOc1ccc(NC(=O)N2CCC(CO)C2)cc1Cl. The zero-order chi connectivity index (χ0) is 15.2. The minimum atomic E-state index is -0.163. The molecule has 0 radical (unpaired) electrons. The molecule has 1 saturated heterocycles. The molecular weight excluding hydrogens is 292 g/mol. The number of benzene rings is 1. The molecule has 2 rings (SSSR count). The van der Waals surface area contributed by atoms with E-state index in [-0.39, 0.29) is 18.6 Å². The second-order valence-corrected chi connectivity index (χ2v) is 5.61. The number of ether oxygens (including phenoxy) is 1. The molecule has 1 unspecified atom stereocenters. The Hall–Kier alpha value is -1.46. The quantitative estimate of drug-likeness (QED) is 0.878. The van der Waals surface area contributed by atoms with Gasteiger partial charge in [-0.25, -0.2) is 4.79 Å². The van der Waals surface area contributed by atoms with Crippen molar-refractivity contribution < 1.29 is 14.6 Å². The summed E-state index contributed by atoms with van der Waals surface area (Å²) >= 11 is 6.13. The third-order valence-corrected chi connectivity index (χ3v) is 3.77. The van der Waals surface area contributed by atoms with Crippen LogP contribution in [0.15, 0.2) is 18.2 Å². The molecule has 0 aromatic heterocycles. The van der Waals surface area contributed by atoms with Gasteiger partial charge in [-0.2, -0.15) is 0 Å². The van der Waals surface area contributed by atoms with E-state index in [9.17, 15) is 4.79 Å². The molecule has 5 nitrogen and oxygen atoms in total. The standard InChI is InChI=1S/C15H21ClN2O3/c1-2-7-21-14-4-3-12(8-13(14)16)17-15(20)18-6-5-11(9-18)10-19/h3-4,8,11,19H,2,5-7,9-10H2,1H3,(H,17,20). The van der Waals surface area contributed by atoms with E-state index in [0.29, 0.717) is 36.2 Å². The minimum Gasteiger partial charge on any atom is -0.492 e. The Labute approximate surface area is 129 Å². The monoisotopic (exact) mass is 312 g/mol. The highest BCUT2D eigenvalue weighted by Gasteiger charge is 2.25. The molecule has 1 aromatic carbocycles. The molecule has 1 aliphatic heterocycles. The summed E-state index contributed by atoms with van der Waals surface area (Å²) < 4.78 is 5.49. The van der Waals surface area contributed by atoms with E-state index >= 15 is 0 Å². The van der Waals surface area contributed by atoms with Crippen molar-refractivity contribution in [2.45, 2.75) is 19.8 Å². The predicted octanol–water partition coefficient (Wildman–Crippen LogP) is 2.97. The maximum absolute atomic E-state index is 12.1. The van der Waals surface area contributed by atoms with E-state index in [1.165, 1.54) is 0 Å². The van der Waals surface area contributed by atoms with Gasteiger partial charge in [-0.3, -0.25) is 0 Å². The molecule has 0 saturated carbocycles. The second-order valence-electron chi connectivity index (χ2n) is 5.21. The molecule has 0 bridgehead atoms. The van der Waals surface area contributed by atoms with E-state index in [4.69, 9.17) is 21.4 Å². The summed E-state index contributed by atoms with van der Waals surface area (Å²) in [5.41, 5.74) is 0.640. The number of hydrogen-bond donors (Lipinski definition) is 2. The molecule has 0 spiro atoms. The van der Waals surface area contributed by atoms with Crippen LogP contribution in [0.2, 0.25) is 5.02 Å². The molecule has 1 aromatic rings. The fraction of sp³-hybridized carbons (Fsp3) is 0.533. The number of carbonyl (C=O) groups is 1. The van der Waals surface area contributed by atoms with Crippen molar-refractivity contribution in [2.75, 3.05) is 31.6 Å². The van der Waals surface area contributed by atoms with Crippen LogP contribution in [0.5, 0.6) is 5.75 Å². The van der Waals surface area contributed by atoms with Crippen LogP contribution in [0.3, 0.4) is 0 Å². The van der Waals surface area contributed by atoms with Crippen LogP contribution < -0.4 is 10.1 Å². The number of nitrogens with one attached hydrogen (secondary N) is 1. The number of aliphatic hydroxyl groups excluding tert-OH is 1. The van der Waals surface area contributed by atoms with E-state index in [0.717, 1.165) is 12.8 Å². The first-order valence-corrected chi connectivity index (χ1v) is 7.61. The van der Waals surface area contributed by atoms with Gasteiger partial charge in [0.15, 0.2) is 0 Å². The summed E-state index contributed by atoms with van der Waals surface area (Å²) in [6, 6.07) is 5.05. The number of hydrogen-bond acceptors (Lipinski definition) is 3. The Morgan fingerprint density at radius 2 is 2.38 bits per heavy atom. The van der Waals surface area contributed by atoms with Gasteiger partial charge in [0.05, 0.1) is 11.6 Å². The molecule has 2 N–H and O–H groups in total. The molecule has 116 valence electrons. The molecule has 1 heterocycles. The lowest BCUT2D eigenvalue weighted by atomic mass is 10.1. The van der Waals surface area contributed by atoms with Gasteiger partial charge in [-0.15, -0.1) is 0 Å². The number of nitrogens with zero attached hydrogens (tertiary/aromatic N) is 1. The topological polar surface area (TPSA) is 61.8 Å². The Bertz CT molecular complexity index is 496. The Morgan fingerprint density at radius 1 is 1.57 bits per heavy atom. The first kappa shape index (κ1) is 15.9.